The highest BCUT2D eigenvalue weighted by Crippen LogP contribution is 2.48. The van der Waals surface area contributed by atoms with E-state index in [9.17, 15) is 4.79 Å². The number of rotatable bonds is 4. The summed E-state index contributed by atoms with van der Waals surface area (Å²) in [6.07, 6.45) is -0.462. The van der Waals surface area contributed by atoms with Crippen molar-refractivity contribution >= 4 is 17.4 Å². The van der Waals surface area contributed by atoms with Gasteiger partial charge in [-0.2, -0.15) is 0 Å². The number of Topliss-reactive ketones (excluding diaryl/α,β-unsaturated/α-hetero) is 1. The van der Waals surface area contributed by atoms with Crippen molar-refractivity contribution in [3.63, 3.8) is 0 Å². The van der Waals surface area contributed by atoms with Crippen LogP contribution in [-0.2, 0) is 9.47 Å². The Morgan fingerprint density at radius 1 is 0.905 bits per heavy atom. The summed E-state index contributed by atoms with van der Waals surface area (Å²) in [6.45, 7) is 0. The highest BCUT2D eigenvalue weighted by molar-refractivity contribution is 6.30. The molecule has 0 bridgehead atoms. The predicted octanol–water partition coefficient (Wildman–Crippen LogP) is 3.43. The zero-order valence-corrected chi connectivity index (χ0v) is 11.9. The lowest BCUT2D eigenvalue weighted by atomic mass is 10.0. The van der Waals surface area contributed by atoms with Crippen LogP contribution in [0, 0.1) is 0 Å². The second kappa shape index (κ2) is 4.95. The number of ketones is 1. The van der Waals surface area contributed by atoms with Crippen molar-refractivity contribution in [2.45, 2.75) is 24.4 Å². The molecule has 4 rings (SSSR count). The number of carbonyl (C=O) groups is 1. The summed E-state index contributed by atoms with van der Waals surface area (Å²) in [5.41, 5.74) is 1.76. The Balaban J connectivity index is 1.41. The minimum absolute atomic E-state index is 0.000946. The quantitative estimate of drug-likeness (QED) is 0.642. The first-order valence-corrected chi connectivity index (χ1v) is 7.27. The van der Waals surface area contributed by atoms with Crippen LogP contribution in [0.4, 0.5) is 0 Å². The van der Waals surface area contributed by atoms with Gasteiger partial charge in [-0.05, 0) is 29.8 Å². The average molecular weight is 301 g/mol. The van der Waals surface area contributed by atoms with Gasteiger partial charge in [0.15, 0.2) is 5.78 Å². The maximum absolute atomic E-state index is 12.3. The molecule has 2 aromatic carbocycles. The summed E-state index contributed by atoms with van der Waals surface area (Å²) < 4.78 is 11.2. The largest absolute Gasteiger partial charge is 0.362 e. The number of carbonyl (C=O) groups excluding carboxylic acids is 1. The molecular formula is C17H13ClO3. The van der Waals surface area contributed by atoms with Gasteiger partial charge in [0, 0.05) is 10.6 Å². The number of hydrogen-bond acceptors (Lipinski definition) is 3. The summed E-state index contributed by atoms with van der Waals surface area (Å²) in [5, 5.41) is 0.620. The second-order valence-corrected chi connectivity index (χ2v) is 5.76. The molecule has 2 aliphatic rings. The van der Waals surface area contributed by atoms with Crippen molar-refractivity contribution in [2.75, 3.05) is 0 Å². The highest BCUT2D eigenvalue weighted by atomic mass is 35.5. The number of epoxide rings is 2. The molecule has 4 unspecified atom stereocenters. The van der Waals surface area contributed by atoms with E-state index in [0.29, 0.717) is 10.6 Å². The van der Waals surface area contributed by atoms with Crippen LogP contribution in [0.25, 0.3) is 0 Å². The van der Waals surface area contributed by atoms with Crippen molar-refractivity contribution < 1.29 is 14.3 Å². The van der Waals surface area contributed by atoms with Crippen molar-refractivity contribution in [1.82, 2.24) is 0 Å². The molecule has 0 amide bonds. The zero-order chi connectivity index (χ0) is 14.4. The molecule has 2 aliphatic heterocycles. The van der Waals surface area contributed by atoms with E-state index in [0.717, 1.165) is 5.56 Å². The molecule has 2 saturated heterocycles. The smallest absolute Gasteiger partial charge is 0.194 e. The third kappa shape index (κ3) is 2.48. The van der Waals surface area contributed by atoms with Crippen molar-refractivity contribution in [2.24, 2.45) is 0 Å². The second-order valence-electron chi connectivity index (χ2n) is 5.32. The summed E-state index contributed by atoms with van der Waals surface area (Å²) in [7, 11) is 0. The third-order valence-corrected chi connectivity index (χ3v) is 4.14. The van der Waals surface area contributed by atoms with Crippen LogP contribution in [-0.4, -0.2) is 24.1 Å². The average Bonchev–Trinajstić information content (AvgIpc) is 3.40. The molecule has 106 valence electrons. The van der Waals surface area contributed by atoms with E-state index in [2.05, 4.69) is 0 Å². The van der Waals surface area contributed by atoms with Gasteiger partial charge in [-0.3, -0.25) is 4.79 Å². The van der Waals surface area contributed by atoms with Gasteiger partial charge in [0.2, 0.25) is 0 Å². The van der Waals surface area contributed by atoms with Gasteiger partial charge < -0.3 is 9.47 Å². The van der Waals surface area contributed by atoms with Gasteiger partial charge in [-0.25, -0.2) is 0 Å². The molecule has 0 aromatic heterocycles. The molecule has 2 heterocycles. The monoisotopic (exact) mass is 300 g/mol. The molecule has 4 atom stereocenters. The predicted molar refractivity (Wildman–Crippen MR) is 78.5 cm³/mol. The Bertz CT molecular complexity index is 668. The van der Waals surface area contributed by atoms with Crippen LogP contribution in [0.2, 0.25) is 5.02 Å². The van der Waals surface area contributed by atoms with Crippen LogP contribution in [0.1, 0.15) is 22.0 Å². The minimum Gasteiger partial charge on any atom is -0.362 e. The Kier molecular flexibility index (Phi) is 3.07. The third-order valence-electron chi connectivity index (χ3n) is 3.89. The molecule has 0 N–H and O–H groups in total. The first-order valence-electron chi connectivity index (χ1n) is 6.90. The summed E-state index contributed by atoms with van der Waals surface area (Å²) in [4.78, 5) is 12.3. The molecule has 0 aliphatic carbocycles. The minimum atomic E-state index is -0.384. The first-order chi connectivity index (χ1) is 10.2. The summed E-state index contributed by atoms with van der Waals surface area (Å²) >= 11 is 5.83. The molecule has 2 aromatic rings. The summed E-state index contributed by atoms with van der Waals surface area (Å²) in [6, 6.07) is 16.9. The standard InChI is InChI=1S/C17H13ClO3/c18-12-8-6-10(7-9-12)13(19)15-17(21-15)16-14(20-16)11-4-2-1-3-5-11/h1-9,14-17H. The molecule has 0 radical (unpaired) electrons. The maximum Gasteiger partial charge on any atom is 0.194 e. The lowest BCUT2D eigenvalue weighted by Crippen LogP contribution is -2.13. The normalized spacial score (nSPS) is 30.0. The van der Waals surface area contributed by atoms with Gasteiger partial charge in [-0.15, -0.1) is 0 Å². The van der Waals surface area contributed by atoms with E-state index in [-0.39, 0.29) is 30.2 Å². The van der Waals surface area contributed by atoms with E-state index in [1.54, 1.807) is 24.3 Å². The Labute approximate surface area is 127 Å². The van der Waals surface area contributed by atoms with Crippen molar-refractivity contribution in [1.29, 1.82) is 0 Å². The first kappa shape index (κ1) is 13.0. The molecule has 3 nitrogen and oxygen atoms in total. The lowest BCUT2D eigenvalue weighted by Gasteiger charge is -1.97. The fraction of sp³-hybridized carbons (Fsp3) is 0.235. The Morgan fingerprint density at radius 2 is 1.62 bits per heavy atom. The van der Waals surface area contributed by atoms with Crippen LogP contribution in [0.15, 0.2) is 54.6 Å². The van der Waals surface area contributed by atoms with Crippen LogP contribution < -0.4 is 0 Å². The van der Waals surface area contributed by atoms with Crippen molar-refractivity contribution in [3.8, 4) is 0 Å². The summed E-state index contributed by atoms with van der Waals surface area (Å²) in [5.74, 6) is -0.000946. The Morgan fingerprint density at radius 3 is 2.33 bits per heavy atom. The van der Waals surface area contributed by atoms with E-state index in [1.807, 2.05) is 30.3 Å². The molecular weight excluding hydrogens is 288 g/mol. The topological polar surface area (TPSA) is 42.1 Å². The van der Waals surface area contributed by atoms with Crippen LogP contribution in [0.3, 0.4) is 0 Å². The fourth-order valence-corrected chi connectivity index (χ4v) is 2.77. The van der Waals surface area contributed by atoms with Crippen LogP contribution in [0.5, 0.6) is 0 Å². The van der Waals surface area contributed by atoms with Crippen LogP contribution >= 0.6 is 11.6 Å². The number of halogens is 1. The van der Waals surface area contributed by atoms with Gasteiger partial charge in [0.1, 0.15) is 24.4 Å². The zero-order valence-electron chi connectivity index (χ0n) is 11.1. The lowest BCUT2D eigenvalue weighted by molar-refractivity contribution is 0.0953. The van der Waals surface area contributed by atoms with E-state index < -0.39 is 0 Å². The Hall–Kier alpha value is -1.68. The maximum atomic E-state index is 12.3. The SMILES string of the molecule is O=C(c1ccc(Cl)cc1)C1OC1C1OC1c1ccccc1. The van der Waals surface area contributed by atoms with Gasteiger partial charge in [0.05, 0.1) is 0 Å². The molecule has 0 spiro atoms. The molecule has 2 fully saturated rings. The number of benzene rings is 2. The van der Waals surface area contributed by atoms with Gasteiger partial charge >= 0.3 is 0 Å². The van der Waals surface area contributed by atoms with Gasteiger partial charge in [-0.1, -0.05) is 41.9 Å². The van der Waals surface area contributed by atoms with E-state index >= 15 is 0 Å². The fourth-order valence-electron chi connectivity index (χ4n) is 2.65. The van der Waals surface area contributed by atoms with E-state index in [1.165, 1.54) is 0 Å². The molecule has 0 saturated carbocycles. The van der Waals surface area contributed by atoms with E-state index in [4.69, 9.17) is 21.1 Å². The number of hydrogen-bond donors (Lipinski definition) is 0. The highest BCUT2D eigenvalue weighted by Gasteiger charge is 2.60. The molecule has 4 heteroatoms. The van der Waals surface area contributed by atoms with Gasteiger partial charge in [0.25, 0.3) is 0 Å². The van der Waals surface area contributed by atoms with Crippen molar-refractivity contribution in [3.05, 3.63) is 70.7 Å². The molecule has 21 heavy (non-hydrogen) atoms. The number of ether oxygens (including phenoxy) is 2.